The number of fused-ring (bicyclic) bond motifs is 1. The van der Waals surface area contributed by atoms with Gasteiger partial charge in [-0.05, 0) is 29.7 Å². The van der Waals surface area contributed by atoms with Gasteiger partial charge in [0.05, 0.1) is 5.69 Å². The minimum Gasteiger partial charge on any atom is -0.363 e. The maximum atomic E-state index is 13.8. The molecular formula is C19H19FN6O. The Morgan fingerprint density at radius 1 is 1.15 bits per heavy atom. The Kier molecular flexibility index (Phi) is 3.83. The molecule has 27 heavy (non-hydrogen) atoms. The van der Waals surface area contributed by atoms with E-state index in [0.717, 1.165) is 16.8 Å². The summed E-state index contributed by atoms with van der Waals surface area (Å²) in [5, 5.41) is 10.9. The van der Waals surface area contributed by atoms with Gasteiger partial charge in [0.2, 0.25) is 0 Å². The average Bonchev–Trinajstić information content (AvgIpc) is 3.24. The third kappa shape index (κ3) is 3.33. The van der Waals surface area contributed by atoms with Crippen molar-refractivity contribution < 1.29 is 4.39 Å². The molecule has 4 aromatic rings. The highest BCUT2D eigenvalue weighted by molar-refractivity contribution is 5.95. The topological polar surface area (TPSA) is 102 Å². The van der Waals surface area contributed by atoms with Crippen LogP contribution in [0.25, 0.3) is 22.3 Å². The van der Waals surface area contributed by atoms with Crippen LogP contribution in [0.5, 0.6) is 0 Å². The summed E-state index contributed by atoms with van der Waals surface area (Å²) in [6, 6.07) is 8.24. The molecule has 1 aromatic carbocycles. The number of nitrogens with one attached hydrogen (secondary N) is 4. The first kappa shape index (κ1) is 17.0. The Morgan fingerprint density at radius 3 is 2.63 bits per heavy atom. The van der Waals surface area contributed by atoms with Crippen LogP contribution in [0, 0.1) is 5.82 Å². The highest BCUT2D eigenvalue weighted by Gasteiger charge is 2.17. The number of anilines is 2. The maximum Gasteiger partial charge on any atom is 0.340 e. The van der Waals surface area contributed by atoms with E-state index in [0.29, 0.717) is 22.7 Å². The molecule has 0 amide bonds. The van der Waals surface area contributed by atoms with E-state index in [1.165, 1.54) is 12.1 Å². The van der Waals surface area contributed by atoms with Crippen LogP contribution in [0.2, 0.25) is 0 Å². The fourth-order valence-electron chi connectivity index (χ4n) is 2.86. The van der Waals surface area contributed by atoms with Gasteiger partial charge >= 0.3 is 5.69 Å². The zero-order valence-corrected chi connectivity index (χ0v) is 15.1. The third-order valence-corrected chi connectivity index (χ3v) is 4.29. The van der Waals surface area contributed by atoms with Crippen molar-refractivity contribution in [1.29, 1.82) is 0 Å². The SMILES string of the molecule is CC(C)(C)c1cc(Nc2nc(-c3n[nH]c(=O)[nH]3)cc3ccc(F)cc23)c[nH]1. The van der Waals surface area contributed by atoms with E-state index in [4.69, 9.17) is 0 Å². The average molecular weight is 366 g/mol. The van der Waals surface area contributed by atoms with Gasteiger partial charge in [-0.25, -0.2) is 19.3 Å². The van der Waals surface area contributed by atoms with E-state index in [1.54, 1.807) is 12.1 Å². The van der Waals surface area contributed by atoms with Crippen LogP contribution in [0.15, 0.2) is 41.3 Å². The first-order valence-electron chi connectivity index (χ1n) is 8.51. The van der Waals surface area contributed by atoms with Crippen LogP contribution in [-0.2, 0) is 5.41 Å². The number of H-pyrrole nitrogens is 3. The molecule has 0 aliphatic rings. The van der Waals surface area contributed by atoms with Crippen LogP contribution in [-0.4, -0.2) is 25.1 Å². The smallest absolute Gasteiger partial charge is 0.340 e. The van der Waals surface area contributed by atoms with Crippen molar-refractivity contribution in [1.82, 2.24) is 25.1 Å². The van der Waals surface area contributed by atoms with E-state index in [2.05, 4.69) is 51.2 Å². The zero-order chi connectivity index (χ0) is 19.2. The molecule has 3 heterocycles. The van der Waals surface area contributed by atoms with E-state index >= 15 is 0 Å². The molecule has 0 saturated heterocycles. The Balaban J connectivity index is 1.83. The Hall–Kier alpha value is -3.42. The second kappa shape index (κ2) is 6.08. The summed E-state index contributed by atoms with van der Waals surface area (Å²) in [4.78, 5) is 21.8. The molecule has 0 fully saturated rings. The van der Waals surface area contributed by atoms with Crippen molar-refractivity contribution in [2.45, 2.75) is 26.2 Å². The molecule has 138 valence electrons. The lowest BCUT2D eigenvalue weighted by atomic mass is 9.92. The highest BCUT2D eigenvalue weighted by Crippen LogP contribution is 2.30. The second-order valence-corrected chi connectivity index (χ2v) is 7.42. The number of nitrogens with zero attached hydrogens (tertiary/aromatic N) is 2. The predicted molar refractivity (Wildman–Crippen MR) is 103 cm³/mol. The predicted octanol–water partition coefficient (Wildman–Crippen LogP) is 3.82. The van der Waals surface area contributed by atoms with Crippen LogP contribution in [0.3, 0.4) is 0 Å². The van der Waals surface area contributed by atoms with E-state index in [1.807, 2.05) is 12.3 Å². The minimum absolute atomic E-state index is 0.0298. The van der Waals surface area contributed by atoms with Gasteiger partial charge in [-0.2, -0.15) is 5.10 Å². The van der Waals surface area contributed by atoms with E-state index in [-0.39, 0.29) is 11.2 Å². The largest absolute Gasteiger partial charge is 0.363 e. The molecular weight excluding hydrogens is 347 g/mol. The van der Waals surface area contributed by atoms with Gasteiger partial charge in [-0.1, -0.05) is 26.8 Å². The molecule has 0 aliphatic carbocycles. The van der Waals surface area contributed by atoms with Gasteiger partial charge in [0, 0.05) is 22.7 Å². The van der Waals surface area contributed by atoms with Gasteiger partial charge in [-0.15, -0.1) is 0 Å². The molecule has 8 heteroatoms. The molecule has 0 atom stereocenters. The summed E-state index contributed by atoms with van der Waals surface area (Å²) >= 11 is 0. The molecule has 0 unspecified atom stereocenters. The van der Waals surface area contributed by atoms with Gasteiger partial charge in [0.1, 0.15) is 17.3 Å². The number of pyridine rings is 1. The minimum atomic E-state index is -0.416. The van der Waals surface area contributed by atoms with Crippen molar-refractivity contribution in [3.63, 3.8) is 0 Å². The van der Waals surface area contributed by atoms with Crippen molar-refractivity contribution in [3.05, 3.63) is 58.5 Å². The molecule has 0 spiro atoms. The normalized spacial score (nSPS) is 11.9. The van der Waals surface area contributed by atoms with Gasteiger partial charge in [-0.3, -0.25) is 4.98 Å². The van der Waals surface area contributed by atoms with E-state index < -0.39 is 5.69 Å². The molecule has 0 saturated carbocycles. The monoisotopic (exact) mass is 366 g/mol. The van der Waals surface area contributed by atoms with Crippen LogP contribution < -0.4 is 11.0 Å². The zero-order valence-electron chi connectivity index (χ0n) is 15.1. The summed E-state index contributed by atoms with van der Waals surface area (Å²) < 4.78 is 13.8. The molecule has 0 bridgehead atoms. The summed E-state index contributed by atoms with van der Waals surface area (Å²) in [5.74, 6) is 0.446. The van der Waals surface area contributed by atoms with Crippen molar-refractivity contribution in [2.75, 3.05) is 5.32 Å². The lowest BCUT2D eigenvalue weighted by Crippen LogP contribution is -2.10. The standard InChI is InChI=1S/C19H19FN6O/c1-19(2,3)15-8-12(9-21-15)22-16-13-7-11(20)5-4-10(13)6-14(23-16)17-24-18(27)26-25-17/h4-9,21H,1-3H3,(H,22,23)(H2,24,25,26,27). The number of benzene rings is 1. The van der Waals surface area contributed by atoms with Crippen molar-refractivity contribution in [3.8, 4) is 11.5 Å². The molecule has 0 aliphatic heterocycles. The summed E-state index contributed by atoms with van der Waals surface area (Å²) in [7, 11) is 0. The number of aromatic nitrogens is 5. The van der Waals surface area contributed by atoms with Gasteiger partial charge in [0.15, 0.2) is 5.82 Å². The number of hydrogen-bond acceptors (Lipinski definition) is 4. The number of halogens is 1. The number of hydrogen-bond donors (Lipinski definition) is 4. The molecule has 4 rings (SSSR count). The Morgan fingerprint density at radius 2 is 1.96 bits per heavy atom. The number of aromatic amines is 3. The molecule has 7 nitrogen and oxygen atoms in total. The van der Waals surface area contributed by atoms with Crippen molar-refractivity contribution >= 4 is 22.3 Å². The van der Waals surface area contributed by atoms with Gasteiger partial charge in [0.25, 0.3) is 0 Å². The highest BCUT2D eigenvalue weighted by atomic mass is 19.1. The van der Waals surface area contributed by atoms with Crippen molar-refractivity contribution in [2.24, 2.45) is 0 Å². The van der Waals surface area contributed by atoms with Crippen LogP contribution in [0.4, 0.5) is 15.9 Å². The Bertz CT molecular complexity index is 1180. The summed E-state index contributed by atoms with van der Waals surface area (Å²) in [5.41, 5.74) is 1.90. The fourth-order valence-corrected chi connectivity index (χ4v) is 2.86. The molecule has 4 N–H and O–H groups in total. The first-order chi connectivity index (χ1) is 12.8. The summed E-state index contributed by atoms with van der Waals surface area (Å²) in [6.07, 6.45) is 1.84. The third-order valence-electron chi connectivity index (χ3n) is 4.29. The maximum absolute atomic E-state index is 13.8. The van der Waals surface area contributed by atoms with Crippen LogP contribution >= 0.6 is 0 Å². The lowest BCUT2D eigenvalue weighted by Gasteiger charge is -2.15. The van der Waals surface area contributed by atoms with Crippen LogP contribution in [0.1, 0.15) is 26.5 Å². The Labute approximate surface area is 154 Å². The first-order valence-corrected chi connectivity index (χ1v) is 8.51. The lowest BCUT2D eigenvalue weighted by molar-refractivity contribution is 0.573. The quantitative estimate of drug-likeness (QED) is 0.443. The second-order valence-electron chi connectivity index (χ2n) is 7.42. The molecule has 0 radical (unpaired) electrons. The fraction of sp³-hybridized carbons (Fsp3) is 0.211. The summed E-state index contributed by atoms with van der Waals surface area (Å²) in [6.45, 7) is 6.33. The van der Waals surface area contributed by atoms with Gasteiger partial charge < -0.3 is 10.3 Å². The molecule has 3 aromatic heterocycles. The van der Waals surface area contributed by atoms with E-state index in [9.17, 15) is 9.18 Å². The number of rotatable bonds is 3.